The number of nitro groups is 1. The second kappa shape index (κ2) is 3.29. The van der Waals surface area contributed by atoms with Gasteiger partial charge in [-0.05, 0) is 6.07 Å². The van der Waals surface area contributed by atoms with Gasteiger partial charge in [-0.15, -0.1) is 0 Å². The summed E-state index contributed by atoms with van der Waals surface area (Å²) in [4.78, 5) is 19.7. The number of nitrogens with zero attached hydrogens (tertiary/aromatic N) is 1. The van der Waals surface area contributed by atoms with E-state index in [1.807, 2.05) is 0 Å². The Morgan fingerprint density at radius 3 is 2.50 bits per heavy atom. The molecule has 0 heterocycles. The van der Waals surface area contributed by atoms with Crippen LogP contribution >= 0.6 is 0 Å². The van der Waals surface area contributed by atoms with E-state index < -0.39 is 33.7 Å². The molecule has 0 bridgehead atoms. The van der Waals surface area contributed by atoms with E-state index in [0.29, 0.717) is 12.1 Å². The normalized spacial score (nSPS) is 9.79. The first-order chi connectivity index (χ1) is 6.43. The lowest BCUT2D eigenvalue weighted by atomic mass is 10.1. The SMILES string of the molecule is O=C(O)c1cc(F)c(O)cc1[N+](=O)[O-]. The van der Waals surface area contributed by atoms with Crippen molar-refractivity contribution in [2.45, 2.75) is 0 Å². The Morgan fingerprint density at radius 2 is 2.07 bits per heavy atom. The van der Waals surface area contributed by atoms with E-state index in [1.54, 1.807) is 0 Å². The standard InChI is InChI=1S/C7H4FNO5/c8-4-1-3(7(11)12)5(9(13)14)2-6(4)10/h1-2,10H,(H,11,12). The number of halogens is 1. The lowest BCUT2D eigenvalue weighted by molar-refractivity contribution is -0.385. The van der Waals surface area contributed by atoms with Crippen molar-refractivity contribution in [2.24, 2.45) is 0 Å². The summed E-state index contributed by atoms with van der Waals surface area (Å²) in [5.74, 6) is -3.80. The molecule has 0 aliphatic rings. The van der Waals surface area contributed by atoms with Gasteiger partial charge in [0, 0.05) is 0 Å². The smallest absolute Gasteiger partial charge is 0.342 e. The molecule has 0 saturated carbocycles. The lowest BCUT2D eigenvalue weighted by Gasteiger charge is -1.99. The number of rotatable bonds is 2. The molecule has 0 fully saturated rings. The molecule has 1 rings (SSSR count). The zero-order chi connectivity index (χ0) is 10.9. The van der Waals surface area contributed by atoms with Crippen LogP contribution < -0.4 is 0 Å². The van der Waals surface area contributed by atoms with Crippen LogP contribution in [0.2, 0.25) is 0 Å². The molecule has 0 atom stereocenters. The number of hydrogen-bond donors (Lipinski definition) is 2. The van der Waals surface area contributed by atoms with E-state index >= 15 is 0 Å². The Bertz CT molecular complexity index is 378. The highest BCUT2D eigenvalue weighted by molar-refractivity contribution is 5.92. The van der Waals surface area contributed by atoms with Crippen molar-refractivity contribution in [3.05, 3.63) is 33.6 Å². The molecule has 0 aliphatic carbocycles. The number of aromatic carboxylic acids is 1. The van der Waals surface area contributed by atoms with Crippen molar-refractivity contribution in [3.8, 4) is 5.75 Å². The van der Waals surface area contributed by atoms with E-state index in [4.69, 9.17) is 10.2 Å². The quantitative estimate of drug-likeness (QED) is 0.551. The van der Waals surface area contributed by atoms with E-state index in [0.717, 1.165) is 0 Å². The van der Waals surface area contributed by atoms with E-state index in [2.05, 4.69) is 0 Å². The van der Waals surface area contributed by atoms with Gasteiger partial charge in [-0.3, -0.25) is 10.1 Å². The molecule has 6 nitrogen and oxygen atoms in total. The van der Waals surface area contributed by atoms with Gasteiger partial charge in [0.2, 0.25) is 0 Å². The fourth-order valence-corrected chi connectivity index (χ4v) is 0.873. The Labute approximate surface area is 76.4 Å². The van der Waals surface area contributed by atoms with Gasteiger partial charge in [0.25, 0.3) is 5.69 Å². The first kappa shape index (κ1) is 9.90. The van der Waals surface area contributed by atoms with Gasteiger partial charge in [-0.25, -0.2) is 9.18 Å². The van der Waals surface area contributed by atoms with Crippen molar-refractivity contribution >= 4 is 11.7 Å². The fourth-order valence-electron chi connectivity index (χ4n) is 0.873. The Balaban J connectivity index is 3.46. The summed E-state index contributed by atoms with van der Waals surface area (Å²) in [5.41, 5.74) is -1.65. The highest BCUT2D eigenvalue weighted by Gasteiger charge is 2.22. The van der Waals surface area contributed by atoms with Crippen LogP contribution in [0.3, 0.4) is 0 Å². The maximum Gasteiger partial charge on any atom is 0.342 e. The molecule has 14 heavy (non-hydrogen) atoms. The summed E-state index contributed by atoms with van der Waals surface area (Å²) in [6.07, 6.45) is 0. The zero-order valence-corrected chi connectivity index (χ0v) is 6.60. The van der Waals surface area contributed by atoms with Gasteiger partial charge in [0.1, 0.15) is 5.56 Å². The van der Waals surface area contributed by atoms with Crippen LogP contribution in [0.15, 0.2) is 12.1 Å². The summed E-state index contributed by atoms with van der Waals surface area (Å²) < 4.78 is 12.6. The average Bonchev–Trinajstić information content (AvgIpc) is 2.08. The molecule has 0 amide bonds. The number of carboxylic acids is 1. The molecular weight excluding hydrogens is 197 g/mol. The topological polar surface area (TPSA) is 101 Å². The molecule has 2 N–H and O–H groups in total. The maximum absolute atomic E-state index is 12.6. The Kier molecular flexibility index (Phi) is 2.32. The van der Waals surface area contributed by atoms with Crippen LogP contribution in [0.4, 0.5) is 10.1 Å². The predicted octanol–water partition coefficient (Wildman–Crippen LogP) is 1.14. The van der Waals surface area contributed by atoms with Crippen molar-refractivity contribution < 1.29 is 24.3 Å². The molecule has 0 aliphatic heterocycles. The number of carbonyl (C=O) groups is 1. The van der Waals surface area contributed by atoms with Gasteiger partial charge in [0.15, 0.2) is 11.6 Å². The van der Waals surface area contributed by atoms with E-state index in [1.165, 1.54) is 0 Å². The second-order valence-electron chi connectivity index (χ2n) is 2.38. The predicted molar refractivity (Wildman–Crippen MR) is 41.7 cm³/mol. The van der Waals surface area contributed by atoms with Gasteiger partial charge >= 0.3 is 5.97 Å². The Morgan fingerprint density at radius 1 is 1.50 bits per heavy atom. The number of hydrogen-bond acceptors (Lipinski definition) is 4. The maximum atomic E-state index is 12.6. The third-order valence-corrected chi connectivity index (χ3v) is 1.49. The molecule has 1 aromatic carbocycles. The van der Waals surface area contributed by atoms with E-state index in [-0.39, 0.29) is 0 Å². The molecule has 74 valence electrons. The highest BCUT2D eigenvalue weighted by atomic mass is 19.1. The van der Waals surface area contributed by atoms with Gasteiger partial charge in [-0.2, -0.15) is 0 Å². The van der Waals surface area contributed by atoms with Crippen LogP contribution in [0, 0.1) is 15.9 Å². The van der Waals surface area contributed by atoms with Gasteiger partial charge in [-0.1, -0.05) is 0 Å². The number of benzene rings is 1. The molecule has 1 aromatic rings. The molecule has 0 aromatic heterocycles. The minimum absolute atomic E-state index is 0.399. The molecule has 0 saturated heterocycles. The van der Waals surface area contributed by atoms with Crippen molar-refractivity contribution in [1.29, 1.82) is 0 Å². The number of phenolic OH excluding ortho intramolecular Hbond substituents is 1. The second-order valence-corrected chi connectivity index (χ2v) is 2.38. The summed E-state index contributed by atoms with van der Waals surface area (Å²) in [7, 11) is 0. The molecule has 7 heteroatoms. The minimum Gasteiger partial charge on any atom is -0.505 e. The number of aromatic hydroxyl groups is 1. The third-order valence-electron chi connectivity index (χ3n) is 1.49. The van der Waals surface area contributed by atoms with Crippen molar-refractivity contribution in [2.75, 3.05) is 0 Å². The average molecular weight is 201 g/mol. The van der Waals surface area contributed by atoms with Crippen molar-refractivity contribution in [3.63, 3.8) is 0 Å². The van der Waals surface area contributed by atoms with Crippen LogP contribution in [-0.4, -0.2) is 21.1 Å². The summed E-state index contributed by atoms with van der Waals surface area (Å²) in [6, 6.07) is 0.856. The van der Waals surface area contributed by atoms with Gasteiger partial charge in [0.05, 0.1) is 11.0 Å². The molecule has 0 spiro atoms. The number of phenols is 1. The summed E-state index contributed by atoms with van der Waals surface area (Å²) >= 11 is 0. The van der Waals surface area contributed by atoms with Gasteiger partial charge < -0.3 is 10.2 Å². The lowest BCUT2D eigenvalue weighted by Crippen LogP contribution is -2.03. The van der Waals surface area contributed by atoms with Crippen LogP contribution in [0.25, 0.3) is 0 Å². The first-order valence-corrected chi connectivity index (χ1v) is 3.33. The summed E-state index contributed by atoms with van der Waals surface area (Å²) in [5, 5.41) is 27.6. The van der Waals surface area contributed by atoms with Crippen LogP contribution in [-0.2, 0) is 0 Å². The highest BCUT2D eigenvalue weighted by Crippen LogP contribution is 2.26. The minimum atomic E-state index is -1.63. The fraction of sp³-hybridized carbons (Fsp3) is 0. The molecular formula is C7H4FNO5. The monoisotopic (exact) mass is 201 g/mol. The van der Waals surface area contributed by atoms with E-state index in [9.17, 15) is 19.3 Å². The largest absolute Gasteiger partial charge is 0.505 e. The number of nitro benzene ring substituents is 1. The van der Waals surface area contributed by atoms with Crippen LogP contribution in [0.5, 0.6) is 5.75 Å². The third kappa shape index (κ3) is 1.60. The van der Waals surface area contributed by atoms with Crippen LogP contribution in [0.1, 0.15) is 10.4 Å². The zero-order valence-electron chi connectivity index (χ0n) is 6.60. The number of carboxylic acid groups (broad SMARTS) is 1. The molecule has 0 unspecified atom stereocenters. The first-order valence-electron chi connectivity index (χ1n) is 3.33. The van der Waals surface area contributed by atoms with Crippen molar-refractivity contribution in [1.82, 2.24) is 0 Å². The molecule has 0 radical (unpaired) electrons. The summed E-state index contributed by atoms with van der Waals surface area (Å²) in [6.45, 7) is 0. The Hall–Kier alpha value is -2.18.